The number of hydrogen-bond acceptors (Lipinski definition) is 4. The van der Waals surface area contributed by atoms with Gasteiger partial charge in [-0.1, -0.05) is 6.07 Å². The molecule has 27 heavy (non-hydrogen) atoms. The van der Waals surface area contributed by atoms with Crippen molar-refractivity contribution in [3.8, 4) is 0 Å². The smallest absolute Gasteiger partial charge is 0.264 e. The van der Waals surface area contributed by atoms with Crippen LogP contribution in [0.25, 0.3) is 0 Å². The second kappa shape index (κ2) is 9.52. The maximum atomic E-state index is 13.2. The van der Waals surface area contributed by atoms with Crippen LogP contribution >= 0.6 is 11.3 Å². The molecule has 0 aliphatic heterocycles. The fourth-order valence-electron chi connectivity index (χ4n) is 2.36. The molecule has 0 fully saturated rings. The first kappa shape index (κ1) is 20.9. The van der Waals surface area contributed by atoms with E-state index in [2.05, 4.69) is 5.32 Å². The van der Waals surface area contributed by atoms with Crippen LogP contribution in [-0.2, 0) is 4.74 Å². The number of methoxy groups -OCH3 is 1. The number of carbonyl (C=O) groups is 2. The lowest BCUT2D eigenvalue weighted by Crippen LogP contribution is -2.37. The van der Waals surface area contributed by atoms with Crippen LogP contribution in [0.4, 0.5) is 18.2 Å². The van der Waals surface area contributed by atoms with E-state index in [1.165, 1.54) is 25.3 Å². The third-order valence-electron chi connectivity index (χ3n) is 3.65. The van der Waals surface area contributed by atoms with Crippen LogP contribution in [0.5, 0.6) is 0 Å². The summed E-state index contributed by atoms with van der Waals surface area (Å²) in [4.78, 5) is 26.1. The van der Waals surface area contributed by atoms with Crippen molar-refractivity contribution in [2.45, 2.75) is 13.3 Å². The van der Waals surface area contributed by atoms with Gasteiger partial charge in [0.15, 0.2) is 0 Å². The summed E-state index contributed by atoms with van der Waals surface area (Å²) in [6.45, 7) is 1.11. The highest BCUT2D eigenvalue weighted by molar-refractivity contribution is 7.18. The lowest BCUT2D eigenvalue weighted by atomic mass is 10.2. The van der Waals surface area contributed by atoms with Crippen molar-refractivity contribution in [1.29, 1.82) is 0 Å². The molecule has 0 radical (unpaired) electrons. The zero-order valence-electron chi connectivity index (χ0n) is 14.8. The van der Waals surface area contributed by atoms with E-state index in [4.69, 9.17) is 4.74 Å². The molecule has 0 saturated heterocycles. The molecule has 2 rings (SSSR count). The summed E-state index contributed by atoms with van der Waals surface area (Å²) >= 11 is 0.981. The Labute approximate surface area is 158 Å². The minimum atomic E-state index is -2.67. The van der Waals surface area contributed by atoms with E-state index < -0.39 is 30.6 Å². The molecule has 0 bridgehead atoms. The Hall–Kier alpha value is -2.39. The molecule has 0 atom stereocenters. The predicted octanol–water partition coefficient (Wildman–Crippen LogP) is 3.80. The highest BCUT2D eigenvalue weighted by Gasteiger charge is 2.23. The van der Waals surface area contributed by atoms with Gasteiger partial charge in [0.1, 0.15) is 5.82 Å². The molecule has 0 aliphatic carbocycles. The van der Waals surface area contributed by atoms with Crippen molar-refractivity contribution < 1.29 is 27.5 Å². The largest absolute Gasteiger partial charge is 0.383 e. The highest BCUT2D eigenvalue weighted by Crippen LogP contribution is 2.28. The number of anilines is 1. The number of rotatable bonds is 8. The van der Waals surface area contributed by atoms with E-state index in [1.54, 1.807) is 13.0 Å². The van der Waals surface area contributed by atoms with Crippen LogP contribution in [0.2, 0.25) is 0 Å². The SMILES string of the molecule is COCCN(CC(F)F)C(=O)c1sc(NC(=O)c2cccc(F)c2)cc1C. The van der Waals surface area contributed by atoms with E-state index in [-0.39, 0.29) is 23.6 Å². The van der Waals surface area contributed by atoms with Crippen LogP contribution in [-0.4, -0.2) is 49.9 Å². The number of halogens is 3. The fourth-order valence-corrected chi connectivity index (χ4v) is 3.39. The predicted molar refractivity (Wildman–Crippen MR) is 97.2 cm³/mol. The lowest BCUT2D eigenvalue weighted by Gasteiger charge is -2.21. The van der Waals surface area contributed by atoms with Crippen LogP contribution < -0.4 is 5.32 Å². The van der Waals surface area contributed by atoms with Crippen LogP contribution in [0.15, 0.2) is 30.3 Å². The topological polar surface area (TPSA) is 58.6 Å². The van der Waals surface area contributed by atoms with Crippen molar-refractivity contribution in [3.05, 3.63) is 52.2 Å². The van der Waals surface area contributed by atoms with Gasteiger partial charge in [-0.2, -0.15) is 0 Å². The summed E-state index contributed by atoms with van der Waals surface area (Å²) in [5, 5.41) is 2.96. The molecule has 5 nitrogen and oxygen atoms in total. The molecule has 2 aromatic rings. The Kier molecular flexibility index (Phi) is 7.37. The summed E-state index contributed by atoms with van der Waals surface area (Å²) in [7, 11) is 1.42. The van der Waals surface area contributed by atoms with Crippen molar-refractivity contribution in [2.75, 3.05) is 32.1 Å². The first-order valence-electron chi connectivity index (χ1n) is 8.05. The van der Waals surface area contributed by atoms with Gasteiger partial charge in [-0.15, -0.1) is 11.3 Å². The van der Waals surface area contributed by atoms with E-state index in [0.717, 1.165) is 22.3 Å². The Morgan fingerprint density at radius 2 is 2.04 bits per heavy atom. The molecule has 1 aromatic heterocycles. The molecule has 146 valence electrons. The van der Waals surface area contributed by atoms with Crippen molar-refractivity contribution in [3.63, 3.8) is 0 Å². The summed E-state index contributed by atoms with van der Waals surface area (Å²) in [6.07, 6.45) is -2.67. The minimum absolute atomic E-state index is 0.0298. The number of nitrogens with one attached hydrogen (secondary N) is 1. The van der Waals surface area contributed by atoms with Gasteiger partial charge in [-0.3, -0.25) is 9.59 Å². The molecule has 1 aromatic carbocycles. The summed E-state index contributed by atoms with van der Waals surface area (Å²) < 4.78 is 43.6. The molecular weight excluding hydrogens is 381 g/mol. The Morgan fingerprint density at radius 3 is 2.67 bits per heavy atom. The highest BCUT2D eigenvalue weighted by atomic mass is 32.1. The Bertz CT molecular complexity index is 811. The second-order valence-corrected chi connectivity index (χ2v) is 6.77. The van der Waals surface area contributed by atoms with Gasteiger partial charge in [0.2, 0.25) is 0 Å². The number of benzene rings is 1. The first-order valence-corrected chi connectivity index (χ1v) is 8.87. The van der Waals surface area contributed by atoms with Gasteiger partial charge in [0, 0.05) is 19.2 Å². The number of thiophene rings is 1. The lowest BCUT2D eigenvalue weighted by molar-refractivity contribution is 0.0481. The summed E-state index contributed by atoms with van der Waals surface area (Å²) in [5.41, 5.74) is 0.685. The number of carbonyl (C=O) groups excluding carboxylic acids is 2. The third kappa shape index (κ3) is 5.80. The average Bonchev–Trinajstić information content (AvgIpc) is 2.97. The monoisotopic (exact) mass is 400 g/mol. The van der Waals surface area contributed by atoms with Gasteiger partial charge in [0.05, 0.1) is 23.0 Å². The van der Waals surface area contributed by atoms with Crippen molar-refractivity contribution >= 4 is 28.2 Å². The summed E-state index contributed by atoms with van der Waals surface area (Å²) in [6, 6.07) is 6.76. The van der Waals surface area contributed by atoms with Gasteiger partial charge in [-0.25, -0.2) is 13.2 Å². The number of aryl methyl sites for hydroxylation is 1. The van der Waals surface area contributed by atoms with Crippen molar-refractivity contribution in [2.24, 2.45) is 0 Å². The number of nitrogens with zero attached hydrogens (tertiary/aromatic N) is 1. The fraction of sp³-hybridized carbons (Fsp3) is 0.333. The van der Waals surface area contributed by atoms with Gasteiger partial charge in [-0.05, 0) is 36.8 Å². The third-order valence-corrected chi connectivity index (χ3v) is 4.79. The number of hydrogen-bond donors (Lipinski definition) is 1. The van der Waals surface area contributed by atoms with E-state index in [1.807, 2.05) is 0 Å². The standard InChI is InChI=1S/C18H19F3N2O3S/c1-11-8-15(22-17(24)12-4-3-5-13(19)9-12)27-16(11)18(25)23(6-7-26-2)10-14(20)21/h3-5,8-9,14H,6-7,10H2,1-2H3,(H,22,24). The van der Waals surface area contributed by atoms with E-state index in [0.29, 0.717) is 10.6 Å². The molecule has 0 unspecified atom stereocenters. The normalized spacial score (nSPS) is 10.9. The molecular formula is C18H19F3N2O3S. The van der Waals surface area contributed by atoms with Gasteiger partial charge in [0.25, 0.3) is 18.2 Å². The molecule has 0 saturated carbocycles. The van der Waals surface area contributed by atoms with Gasteiger partial charge < -0.3 is 15.0 Å². The molecule has 1 N–H and O–H groups in total. The Balaban J connectivity index is 2.16. The molecule has 1 heterocycles. The Morgan fingerprint density at radius 1 is 1.30 bits per heavy atom. The maximum Gasteiger partial charge on any atom is 0.264 e. The number of amides is 2. The molecule has 0 aliphatic rings. The number of ether oxygens (including phenoxy) is 1. The minimum Gasteiger partial charge on any atom is -0.383 e. The van der Waals surface area contributed by atoms with Crippen LogP contribution in [0, 0.1) is 12.7 Å². The average molecular weight is 400 g/mol. The zero-order chi connectivity index (χ0) is 20.0. The van der Waals surface area contributed by atoms with E-state index in [9.17, 15) is 22.8 Å². The number of alkyl halides is 2. The van der Waals surface area contributed by atoms with Crippen LogP contribution in [0.3, 0.4) is 0 Å². The molecule has 2 amide bonds. The first-order chi connectivity index (χ1) is 12.8. The van der Waals surface area contributed by atoms with Crippen LogP contribution in [0.1, 0.15) is 25.6 Å². The second-order valence-electron chi connectivity index (χ2n) is 5.72. The zero-order valence-corrected chi connectivity index (χ0v) is 15.6. The van der Waals surface area contributed by atoms with Gasteiger partial charge >= 0.3 is 0 Å². The molecule has 0 spiro atoms. The molecule has 9 heteroatoms. The quantitative estimate of drug-likeness (QED) is 0.733. The summed E-state index contributed by atoms with van der Waals surface area (Å²) in [5.74, 6) is -1.62. The van der Waals surface area contributed by atoms with E-state index >= 15 is 0 Å². The van der Waals surface area contributed by atoms with Crippen molar-refractivity contribution in [1.82, 2.24) is 4.90 Å². The maximum absolute atomic E-state index is 13.2.